The molecular weight excluding hydrogens is 593 g/mol. The Morgan fingerprint density at radius 3 is 2.32 bits per heavy atom. The Bertz CT molecular complexity index is 1790. The number of halogens is 2. The number of aromatic nitrogens is 2. The number of nitrogens with zero attached hydrogens (tertiary/aromatic N) is 3. The number of nitrogens with one attached hydrogen (secondary N) is 2. The van der Waals surface area contributed by atoms with Crippen LogP contribution in [0.5, 0.6) is 0 Å². The van der Waals surface area contributed by atoms with E-state index in [9.17, 15) is 9.59 Å². The lowest BCUT2D eigenvalue weighted by Gasteiger charge is -2.44. The second kappa shape index (κ2) is 13.1. The van der Waals surface area contributed by atoms with E-state index < -0.39 is 0 Å². The Labute approximate surface area is 267 Å². The molecule has 3 heterocycles. The van der Waals surface area contributed by atoms with Gasteiger partial charge in [-0.2, -0.15) is 0 Å². The van der Waals surface area contributed by atoms with Crippen LogP contribution in [0.4, 0.5) is 0 Å². The Kier molecular flexibility index (Phi) is 8.98. The summed E-state index contributed by atoms with van der Waals surface area (Å²) in [6, 6.07) is 21.5. The lowest BCUT2D eigenvalue weighted by molar-refractivity contribution is -0.158. The number of amides is 2. The number of hydrazine groups is 1. The Balaban J connectivity index is 1.28. The van der Waals surface area contributed by atoms with Crippen LogP contribution < -0.4 is 0 Å². The summed E-state index contributed by atoms with van der Waals surface area (Å²) in [5.41, 5.74) is 5.40. The molecule has 7 nitrogen and oxygen atoms in total. The van der Waals surface area contributed by atoms with Crippen LogP contribution in [0.3, 0.4) is 0 Å². The number of carbonyl (C=O) groups is 2. The first-order valence-corrected chi connectivity index (χ1v) is 15.9. The SMILES string of the molecule is CC(=O)N(Cc1ccccc1Cl)C[C@@H](Cc1c[nH]c2ccccc12)N(C(C)=O)N1CCC(c2c[nH]c3ccc(Cl)cc23)CC1. The van der Waals surface area contributed by atoms with E-state index in [1.807, 2.05) is 65.8 Å². The summed E-state index contributed by atoms with van der Waals surface area (Å²) in [7, 11) is 0. The number of fused-ring (bicyclic) bond motifs is 2. The predicted molar refractivity (Wildman–Crippen MR) is 178 cm³/mol. The molecule has 1 aliphatic rings. The van der Waals surface area contributed by atoms with Gasteiger partial charge in [-0.25, -0.2) is 5.01 Å². The van der Waals surface area contributed by atoms with Gasteiger partial charge in [-0.05, 0) is 72.2 Å². The van der Waals surface area contributed by atoms with Crippen LogP contribution in [-0.2, 0) is 22.6 Å². The zero-order valence-corrected chi connectivity index (χ0v) is 26.5. The van der Waals surface area contributed by atoms with Crippen LogP contribution in [0, 0.1) is 0 Å². The zero-order valence-electron chi connectivity index (χ0n) is 25.0. The number of piperidine rings is 1. The Morgan fingerprint density at radius 1 is 0.864 bits per heavy atom. The summed E-state index contributed by atoms with van der Waals surface area (Å²) in [4.78, 5) is 35.1. The van der Waals surface area contributed by atoms with Crippen LogP contribution >= 0.6 is 23.2 Å². The highest BCUT2D eigenvalue weighted by atomic mass is 35.5. The quantitative estimate of drug-likeness (QED) is 0.177. The van der Waals surface area contributed by atoms with Gasteiger partial charge in [0, 0.05) is 84.3 Å². The van der Waals surface area contributed by atoms with E-state index in [1.54, 1.807) is 18.7 Å². The molecule has 228 valence electrons. The van der Waals surface area contributed by atoms with Crippen molar-refractivity contribution in [2.24, 2.45) is 0 Å². The zero-order chi connectivity index (χ0) is 30.8. The van der Waals surface area contributed by atoms with Crippen molar-refractivity contribution < 1.29 is 9.59 Å². The molecule has 0 radical (unpaired) electrons. The molecular formula is C35H37Cl2N5O2. The van der Waals surface area contributed by atoms with Gasteiger partial charge in [0.1, 0.15) is 0 Å². The Hall–Kier alpha value is -3.78. The Morgan fingerprint density at radius 2 is 1.57 bits per heavy atom. The third kappa shape index (κ3) is 6.36. The number of H-pyrrole nitrogens is 2. The molecule has 1 aliphatic heterocycles. The van der Waals surface area contributed by atoms with E-state index in [0.29, 0.717) is 30.5 Å². The maximum atomic E-state index is 13.5. The smallest absolute Gasteiger partial charge is 0.234 e. The molecule has 2 N–H and O–H groups in total. The van der Waals surface area contributed by atoms with E-state index in [4.69, 9.17) is 23.2 Å². The van der Waals surface area contributed by atoms with Gasteiger partial charge in [0.05, 0.1) is 6.04 Å². The summed E-state index contributed by atoms with van der Waals surface area (Å²) in [5.74, 6) is 0.260. The number of carbonyl (C=O) groups excluding carboxylic acids is 2. The third-order valence-electron chi connectivity index (χ3n) is 8.89. The van der Waals surface area contributed by atoms with E-state index >= 15 is 0 Å². The summed E-state index contributed by atoms with van der Waals surface area (Å²) in [6.45, 7) is 5.41. The number of aromatic amines is 2. The fourth-order valence-electron chi connectivity index (χ4n) is 6.71. The van der Waals surface area contributed by atoms with Crippen molar-refractivity contribution in [1.82, 2.24) is 24.9 Å². The van der Waals surface area contributed by atoms with E-state index in [2.05, 4.69) is 33.3 Å². The van der Waals surface area contributed by atoms with E-state index in [0.717, 1.165) is 63.9 Å². The predicted octanol–water partition coefficient (Wildman–Crippen LogP) is 7.56. The number of hydrogen-bond donors (Lipinski definition) is 2. The number of benzene rings is 3. The monoisotopic (exact) mass is 629 g/mol. The molecule has 2 aromatic heterocycles. The first kappa shape index (κ1) is 30.3. The first-order valence-electron chi connectivity index (χ1n) is 15.1. The maximum Gasteiger partial charge on any atom is 0.234 e. The molecule has 44 heavy (non-hydrogen) atoms. The highest BCUT2D eigenvalue weighted by molar-refractivity contribution is 6.31. The molecule has 9 heteroatoms. The molecule has 2 amide bonds. The summed E-state index contributed by atoms with van der Waals surface area (Å²) >= 11 is 12.8. The van der Waals surface area contributed by atoms with E-state index in [-0.39, 0.29) is 17.9 Å². The standard InChI is InChI=1S/C35H37Cl2N5O2/c1-23(43)40(21-26-7-3-5-9-33(26)37)22-29(17-27-19-38-34-10-6-4-8-30(27)34)42(24(2)44)41-15-13-25(14-16-41)32-20-39-35-12-11-28(36)18-31(32)35/h3-12,18-20,25,29,38-39H,13-17,21-22H2,1-2H3/t29-/m1/s1. The molecule has 1 atom stereocenters. The van der Waals surface area contributed by atoms with Crippen molar-refractivity contribution in [2.45, 2.75) is 51.6 Å². The third-order valence-corrected chi connectivity index (χ3v) is 9.49. The fourth-order valence-corrected chi connectivity index (χ4v) is 7.07. The number of para-hydroxylation sites is 1. The average Bonchev–Trinajstić information content (AvgIpc) is 3.62. The maximum absolute atomic E-state index is 13.5. The normalized spacial score (nSPS) is 15.1. The highest BCUT2D eigenvalue weighted by Crippen LogP contribution is 2.35. The minimum absolute atomic E-state index is 0.0339. The molecule has 3 aromatic carbocycles. The summed E-state index contributed by atoms with van der Waals surface area (Å²) < 4.78 is 0. The summed E-state index contributed by atoms with van der Waals surface area (Å²) in [6.07, 6.45) is 6.52. The minimum atomic E-state index is -0.276. The molecule has 0 unspecified atom stereocenters. The largest absolute Gasteiger partial charge is 0.361 e. The van der Waals surface area contributed by atoms with Gasteiger partial charge < -0.3 is 14.9 Å². The lowest BCUT2D eigenvalue weighted by Crippen LogP contribution is -2.57. The van der Waals surface area contributed by atoms with Gasteiger partial charge in [-0.15, -0.1) is 0 Å². The van der Waals surface area contributed by atoms with Crippen molar-refractivity contribution in [2.75, 3.05) is 19.6 Å². The number of rotatable bonds is 9. The second-order valence-corrected chi connectivity index (χ2v) is 12.6. The van der Waals surface area contributed by atoms with Crippen molar-refractivity contribution in [3.63, 3.8) is 0 Å². The molecule has 6 rings (SSSR count). The molecule has 5 aromatic rings. The fraction of sp³-hybridized carbons (Fsp3) is 0.314. The van der Waals surface area contributed by atoms with Gasteiger partial charge in [-0.1, -0.05) is 59.6 Å². The van der Waals surface area contributed by atoms with Crippen LogP contribution in [0.2, 0.25) is 10.0 Å². The van der Waals surface area contributed by atoms with Crippen molar-refractivity contribution in [3.8, 4) is 0 Å². The minimum Gasteiger partial charge on any atom is -0.361 e. The van der Waals surface area contributed by atoms with E-state index in [1.165, 1.54) is 5.56 Å². The number of hydrogen-bond acceptors (Lipinski definition) is 3. The molecule has 1 saturated heterocycles. The molecule has 1 fully saturated rings. The van der Waals surface area contributed by atoms with Gasteiger partial charge >= 0.3 is 0 Å². The topological polar surface area (TPSA) is 75.4 Å². The van der Waals surface area contributed by atoms with Crippen molar-refractivity contribution in [1.29, 1.82) is 0 Å². The average molecular weight is 631 g/mol. The van der Waals surface area contributed by atoms with Gasteiger partial charge in [-0.3, -0.25) is 14.6 Å². The molecule has 0 bridgehead atoms. The van der Waals surface area contributed by atoms with Gasteiger partial charge in [0.25, 0.3) is 0 Å². The lowest BCUT2D eigenvalue weighted by atomic mass is 9.89. The van der Waals surface area contributed by atoms with Crippen LogP contribution in [0.1, 0.15) is 49.3 Å². The van der Waals surface area contributed by atoms with Crippen LogP contribution in [-0.4, -0.2) is 62.4 Å². The second-order valence-electron chi connectivity index (χ2n) is 11.7. The van der Waals surface area contributed by atoms with Gasteiger partial charge in [0.2, 0.25) is 11.8 Å². The van der Waals surface area contributed by atoms with Crippen LogP contribution in [0.15, 0.2) is 79.1 Å². The van der Waals surface area contributed by atoms with Crippen LogP contribution in [0.25, 0.3) is 21.8 Å². The first-order chi connectivity index (χ1) is 21.3. The molecule has 0 aliphatic carbocycles. The summed E-state index contributed by atoms with van der Waals surface area (Å²) in [5, 5.41) is 7.73. The van der Waals surface area contributed by atoms with Crippen molar-refractivity contribution in [3.05, 3.63) is 106 Å². The van der Waals surface area contributed by atoms with Crippen molar-refractivity contribution >= 4 is 56.8 Å². The molecule has 0 saturated carbocycles. The molecule has 0 spiro atoms. The van der Waals surface area contributed by atoms with Gasteiger partial charge in [0.15, 0.2) is 0 Å². The highest BCUT2D eigenvalue weighted by Gasteiger charge is 2.34.